The molecule has 0 aliphatic carbocycles. The Labute approximate surface area is 135 Å². The van der Waals surface area contributed by atoms with E-state index in [1.54, 1.807) is 17.4 Å². The van der Waals surface area contributed by atoms with E-state index >= 15 is 0 Å². The normalized spacial score (nSPS) is 12.9. The van der Waals surface area contributed by atoms with Crippen molar-refractivity contribution in [3.8, 4) is 0 Å². The van der Waals surface area contributed by atoms with Crippen molar-refractivity contribution < 1.29 is 8.81 Å². The third-order valence-corrected chi connectivity index (χ3v) is 4.97. The number of halogens is 2. The van der Waals surface area contributed by atoms with Crippen molar-refractivity contribution in [3.63, 3.8) is 0 Å². The second-order valence-corrected chi connectivity index (χ2v) is 7.33. The van der Waals surface area contributed by atoms with Crippen LogP contribution in [0.15, 0.2) is 44.6 Å². The van der Waals surface area contributed by atoms with Crippen molar-refractivity contribution in [3.05, 3.63) is 56.6 Å². The zero-order chi connectivity index (χ0) is 14.8. The third-order valence-electron chi connectivity index (χ3n) is 3.28. The number of furan rings is 1. The molecule has 1 N–H and O–H groups in total. The van der Waals surface area contributed by atoms with Crippen molar-refractivity contribution in [2.45, 2.75) is 19.4 Å². The minimum atomic E-state index is -0.319. The molecule has 2 heterocycles. The topological polar surface area (TPSA) is 25.2 Å². The van der Waals surface area contributed by atoms with Gasteiger partial charge < -0.3 is 9.73 Å². The fraction of sp³-hybridized carbons (Fsp3) is 0.250. The van der Waals surface area contributed by atoms with E-state index in [-0.39, 0.29) is 11.9 Å². The highest BCUT2D eigenvalue weighted by Gasteiger charge is 2.20. The summed E-state index contributed by atoms with van der Waals surface area (Å²) in [6.45, 7) is 2.99. The number of hydrogen-bond acceptors (Lipinski definition) is 3. The van der Waals surface area contributed by atoms with Gasteiger partial charge in [-0.15, -0.1) is 11.3 Å². The molecule has 3 aromatic rings. The predicted octanol–water partition coefficient (Wildman–Crippen LogP) is 5.48. The number of benzene rings is 1. The van der Waals surface area contributed by atoms with Crippen LogP contribution < -0.4 is 5.32 Å². The molecule has 0 bridgehead atoms. The van der Waals surface area contributed by atoms with Crippen molar-refractivity contribution in [2.75, 3.05) is 6.54 Å². The van der Waals surface area contributed by atoms with Gasteiger partial charge >= 0.3 is 0 Å². The monoisotopic (exact) mass is 367 g/mol. The molecule has 0 amide bonds. The molecule has 0 saturated heterocycles. The minimum absolute atomic E-state index is 0.0481. The Hall–Kier alpha value is -1.17. The summed E-state index contributed by atoms with van der Waals surface area (Å²) in [6.07, 6.45) is 1.03. The average molecular weight is 368 g/mol. The third kappa shape index (κ3) is 3.05. The molecule has 110 valence electrons. The number of nitrogens with one attached hydrogen (secondary N) is 1. The summed E-state index contributed by atoms with van der Waals surface area (Å²) >= 11 is 5.14. The Balaban J connectivity index is 2.03. The van der Waals surface area contributed by atoms with Crippen LogP contribution in [0, 0.1) is 5.82 Å². The molecule has 21 heavy (non-hydrogen) atoms. The molecule has 0 aliphatic rings. The number of fused-ring (bicyclic) bond motifs is 1. The molecule has 1 unspecified atom stereocenters. The first-order valence-electron chi connectivity index (χ1n) is 6.85. The number of hydrogen-bond donors (Lipinski definition) is 1. The number of rotatable bonds is 5. The first-order chi connectivity index (χ1) is 10.2. The second kappa shape index (κ2) is 6.30. The van der Waals surface area contributed by atoms with Crippen LogP contribution in [0.25, 0.3) is 11.0 Å². The van der Waals surface area contributed by atoms with Crippen molar-refractivity contribution in [1.29, 1.82) is 0 Å². The lowest BCUT2D eigenvalue weighted by Crippen LogP contribution is -2.21. The van der Waals surface area contributed by atoms with E-state index in [0.717, 1.165) is 32.8 Å². The Morgan fingerprint density at radius 3 is 2.86 bits per heavy atom. The largest absolute Gasteiger partial charge is 0.456 e. The minimum Gasteiger partial charge on any atom is -0.456 e. The number of para-hydroxylation sites is 1. The van der Waals surface area contributed by atoms with Crippen LogP contribution in [0.5, 0.6) is 0 Å². The highest BCUT2D eigenvalue weighted by molar-refractivity contribution is 9.11. The van der Waals surface area contributed by atoms with Gasteiger partial charge in [0.2, 0.25) is 0 Å². The lowest BCUT2D eigenvalue weighted by Gasteiger charge is -2.14. The van der Waals surface area contributed by atoms with Gasteiger partial charge in [-0.25, -0.2) is 4.39 Å². The summed E-state index contributed by atoms with van der Waals surface area (Å²) in [5.74, 6) is 0.429. The highest BCUT2D eigenvalue weighted by Crippen LogP contribution is 2.34. The highest BCUT2D eigenvalue weighted by atomic mass is 79.9. The van der Waals surface area contributed by atoms with E-state index in [1.807, 2.05) is 18.2 Å². The smallest absolute Gasteiger partial charge is 0.169 e. The second-order valence-electron chi connectivity index (χ2n) is 4.84. The first-order valence-corrected chi connectivity index (χ1v) is 8.46. The van der Waals surface area contributed by atoms with Crippen molar-refractivity contribution >= 4 is 38.2 Å². The SMILES string of the molecule is CCCNC(c1cc2cccc(F)c2o1)c1ccc(Br)s1. The average Bonchev–Trinajstić information content (AvgIpc) is 3.07. The molecule has 2 nitrogen and oxygen atoms in total. The Bertz CT molecular complexity index is 752. The van der Waals surface area contributed by atoms with Crippen LogP contribution in [-0.2, 0) is 0 Å². The van der Waals surface area contributed by atoms with Crippen LogP contribution in [0.4, 0.5) is 4.39 Å². The molecule has 1 atom stereocenters. The Kier molecular flexibility index (Phi) is 4.42. The lowest BCUT2D eigenvalue weighted by molar-refractivity contribution is 0.462. The van der Waals surface area contributed by atoms with E-state index in [0.29, 0.717) is 5.58 Å². The molecule has 1 aromatic carbocycles. The Morgan fingerprint density at radius 1 is 1.33 bits per heavy atom. The summed E-state index contributed by atoms with van der Waals surface area (Å²) in [6, 6.07) is 10.9. The first kappa shape index (κ1) is 14.8. The van der Waals surface area contributed by atoms with E-state index in [4.69, 9.17) is 4.42 Å². The van der Waals surface area contributed by atoms with Gasteiger partial charge in [0, 0.05) is 10.3 Å². The molecule has 2 aromatic heterocycles. The van der Waals surface area contributed by atoms with Gasteiger partial charge in [0.05, 0.1) is 3.79 Å². The molecule has 0 spiro atoms. The summed E-state index contributed by atoms with van der Waals surface area (Å²) in [5.41, 5.74) is 0.325. The zero-order valence-corrected chi connectivity index (χ0v) is 13.9. The molecule has 0 radical (unpaired) electrons. The van der Waals surface area contributed by atoms with Gasteiger partial charge in [-0.1, -0.05) is 19.1 Å². The fourth-order valence-corrected chi connectivity index (χ4v) is 3.81. The molecule has 0 saturated carbocycles. The predicted molar refractivity (Wildman–Crippen MR) is 88.3 cm³/mol. The quantitative estimate of drug-likeness (QED) is 0.645. The van der Waals surface area contributed by atoms with E-state index < -0.39 is 0 Å². The molecular formula is C16H15BrFNOS. The van der Waals surface area contributed by atoms with Crippen LogP contribution in [-0.4, -0.2) is 6.54 Å². The van der Waals surface area contributed by atoms with Gasteiger partial charge in [-0.05, 0) is 53.2 Å². The van der Waals surface area contributed by atoms with Crippen LogP contribution >= 0.6 is 27.3 Å². The van der Waals surface area contributed by atoms with E-state index in [1.165, 1.54) is 6.07 Å². The van der Waals surface area contributed by atoms with Gasteiger partial charge in [-0.2, -0.15) is 0 Å². The maximum Gasteiger partial charge on any atom is 0.169 e. The zero-order valence-electron chi connectivity index (χ0n) is 11.5. The molecule has 5 heteroatoms. The Morgan fingerprint density at radius 2 is 2.19 bits per heavy atom. The fourth-order valence-electron chi connectivity index (χ4n) is 2.30. The molecule has 0 fully saturated rings. The van der Waals surface area contributed by atoms with Gasteiger partial charge in [0.1, 0.15) is 11.8 Å². The van der Waals surface area contributed by atoms with Gasteiger partial charge in [0.25, 0.3) is 0 Å². The maximum atomic E-state index is 13.8. The van der Waals surface area contributed by atoms with Crippen LogP contribution in [0.1, 0.15) is 30.0 Å². The number of thiophene rings is 1. The van der Waals surface area contributed by atoms with Crippen molar-refractivity contribution in [1.82, 2.24) is 5.32 Å². The summed E-state index contributed by atoms with van der Waals surface area (Å²) in [7, 11) is 0. The van der Waals surface area contributed by atoms with Crippen LogP contribution in [0.2, 0.25) is 0 Å². The van der Waals surface area contributed by atoms with E-state index in [9.17, 15) is 4.39 Å². The molecule has 0 aliphatic heterocycles. The van der Waals surface area contributed by atoms with Crippen LogP contribution in [0.3, 0.4) is 0 Å². The van der Waals surface area contributed by atoms with Gasteiger partial charge in [-0.3, -0.25) is 0 Å². The standard InChI is InChI=1S/C16H15BrFNOS/c1-2-8-19-15(13-6-7-14(17)21-13)12-9-10-4-3-5-11(18)16(10)20-12/h3-7,9,15,19H,2,8H2,1H3. The summed E-state index contributed by atoms with van der Waals surface area (Å²) in [5, 5.41) is 4.26. The molecular weight excluding hydrogens is 353 g/mol. The van der Waals surface area contributed by atoms with Crippen molar-refractivity contribution in [2.24, 2.45) is 0 Å². The molecule has 3 rings (SSSR count). The lowest BCUT2D eigenvalue weighted by atomic mass is 10.1. The van der Waals surface area contributed by atoms with E-state index in [2.05, 4.69) is 34.2 Å². The summed E-state index contributed by atoms with van der Waals surface area (Å²) < 4.78 is 20.7. The summed E-state index contributed by atoms with van der Waals surface area (Å²) in [4.78, 5) is 1.15. The maximum absolute atomic E-state index is 13.8. The van der Waals surface area contributed by atoms with Gasteiger partial charge in [0.15, 0.2) is 11.4 Å².